The monoisotopic (exact) mass is 429 g/mol. The number of nitrogens with one attached hydrogen (secondary N) is 1. The molecule has 6 heteroatoms. The Morgan fingerprint density at radius 3 is 2.48 bits per heavy atom. The molecule has 1 aromatic heterocycles. The summed E-state index contributed by atoms with van der Waals surface area (Å²) in [7, 11) is 0. The molecule has 0 spiro atoms. The lowest BCUT2D eigenvalue weighted by atomic mass is 9.96. The van der Waals surface area contributed by atoms with Gasteiger partial charge < -0.3 is 10.2 Å². The van der Waals surface area contributed by atoms with Gasteiger partial charge in [-0.25, -0.2) is 0 Å². The largest absolute Gasteiger partial charge is 0.349 e. The summed E-state index contributed by atoms with van der Waals surface area (Å²) in [6.07, 6.45) is 0.169. The minimum absolute atomic E-state index is 0.0478. The fraction of sp³-hybridized carbons (Fsp3) is 0.240. The van der Waals surface area contributed by atoms with E-state index in [1.54, 1.807) is 28.4 Å². The van der Waals surface area contributed by atoms with E-state index in [4.69, 9.17) is 5.26 Å². The fourth-order valence-electron chi connectivity index (χ4n) is 4.01. The van der Waals surface area contributed by atoms with Crippen LogP contribution in [0.2, 0.25) is 0 Å². The molecule has 31 heavy (non-hydrogen) atoms. The van der Waals surface area contributed by atoms with E-state index in [2.05, 4.69) is 11.4 Å². The fourth-order valence-corrected chi connectivity index (χ4v) is 4.89. The summed E-state index contributed by atoms with van der Waals surface area (Å²) in [6, 6.07) is 20.5. The molecule has 1 fully saturated rings. The van der Waals surface area contributed by atoms with Gasteiger partial charge in [0.15, 0.2) is 0 Å². The number of nitriles is 1. The third-order valence-corrected chi connectivity index (χ3v) is 6.65. The van der Waals surface area contributed by atoms with Crippen LogP contribution in [0, 0.1) is 24.2 Å². The average Bonchev–Trinajstić information content (AvgIpc) is 3.42. The van der Waals surface area contributed by atoms with Crippen molar-refractivity contribution in [3.05, 3.63) is 87.6 Å². The number of rotatable bonds is 5. The van der Waals surface area contributed by atoms with Crippen LogP contribution in [0.1, 0.15) is 47.0 Å². The highest BCUT2D eigenvalue weighted by Gasteiger charge is 2.46. The number of hydrogen-bond donors (Lipinski definition) is 1. The van der Waals surface area contributed by atoms with E-state index in [1.807, 2.05) is 67.8 Å². The van der Waals surface area contributed by atoms with Gasteiger partial charge in [-0.2, -0.15) is 5.26 Å². The molecule has 2 aromatic carbocycles. The minimum atomic E-state index is -0.478. The molecule has 3 atom stereocenters. The van der Waals surface area contributed by atoms with Gasteiger partial charge in [0.25, 0.3) is 0 Å². The Morgan fingerprint density at radius 1 is 1.16 bits per heavy atom. The molecular formula is C25H23N3O2S. The van der Waals surface area contributed by atoms with Crippen LogP contribution < -0.4 is 10.2 Å². The van der Waals surface area contributed by atoms with E-state index in [0.29, 0.717) is 5.56 Å². The summed E-state index contributed by atoms with van der Waals surface area (Å²) in [6.45, 7) is 3.92. The molecule has 1 aliphatic heterocycles. The highest BCUT2D eigenvalue weighted by atomic mass is 32.1. The first-order valence-electron chi connectivity index (χ1n) is 10.2. The first kappa shape index (κ1) is 20.8. The van der Waals surface area contributed by atoms with E-state index in [1.165, 1.54) is 0 Å². The van der Waals surface area contributed by atoms with Crippen LogP contribution in [-0.4, -0.2) is 11.8 Å². The van der Waals surface area contributed by atoms with E-state index >= 15 is 0 Å². The molecule has 2 heterocycles. The Labute approximate surface area is 185 Å². The number of nitrogens with zero attached hydrogens (tertiary/aromatic N) is 2. The summed E-state index contributed by atoms with van der Waals surface area (Å²) >= 11 is 1.56. The van der Waals surface area contributed by atoms with Crippen molar-refractivity contribution in [2.45, 2.75) is 32.4 Å². The van der Waals surface area contributed by atoms with E-state index in [0.717, 1.165) is 21.7 Å². The zero-order valence-electron chi connectivity index (χ0n) is 17.4. The lowest BCUT2D eigenvalue weighted by Gasteiger charge is -2.28. The smallest absolute Gasteiger partial charge is 0.228 e. The van der Waals surface area contributed by atoms with Crippen molar-refractivity contribution in [1.82, 2.24) is 5.32 Å². The van der Waals surface area contributed by atoms with Crippen molar-refractivity contribution in [2.75, 3.05) is 4.90 Å². The number of hydrogen-bond acceptors (Lipinski definition) is 4. The molecule has 1 N–H and O–H groups in total. The second kappa shape index (κ2) is 8.75. The predicted octanol–water partition coefficient (Wildman–Crippen LogP) is 4.90. The maximum Gasteiger partial charge on any atom is 0.228 e. The zero-order valence-corrected chi connectivity index (χ0v) is 18.2. The molecule has 1 aliphatic rings. The van der Waals surface area contributed by atoms with Gasteiger partial charge in [0.1, 0.15) is 0 Å². The van der Waals surface area contributed by atoms with Crippen LogP contribution in [0.25, 0.3) is 0 Å². The van der Waals surface area contributed by atoms with Gasteiger partial charge in [-0.15, -0.1) is 11.3 Å². The van der Waals surface area contributed by atoms with Crippen LogP contribution in [0.4, 0.5) is 5.69 Å². The van der Waals surface area contributed by atoms with Gasteiger partial charge in [0, 0.05) is 17.0 Å². The normalized spacial score (nSPS) is 19.1. The number of anilines is 1. The highest BCUT2D eigenvalue weighted by Crippen LogP contribution is 2.43. The molecule has 2 amide bonds. The van der Waals surface area contributed by atoms with Crippen LogP contribution >= 0.6 is 11.3 Å². The maximum atomic E-state index is 13.3. The summed E-state index contributed by atoms with van der Waals surface area (Å²) < 4.78 is 0. The molecular weight excluding hydrogens is 406 g/mol. The molecule has 3 aromatic rings. The van der Waals surface area contributed by atoms with Crippen molar-refractivity contribution < 1.29 is 9.59 Å². The van der Waals surface area contributed by atoms with Gasteiger partial charge in [0.2, 0.25) is 11.8 Å². The third-order valence-electron chi connectivity index (χ3n) is 5.70. The summed E-state index contributed by atoms with van der Waals surface area (Å²) in [5.41, 5.74) is 3.42. The molecule has 0 aliphatic carbocycles. The second-order valence-electron chi connectivity index (χ2n) is 7.83. The molecule has 4 rings (SSSR count). The van der Waals surface area contributed by atoms with E-state index in [-0.39, 0.29) is 30.3 Å². The number of carbonyl (C=O) groups excluding carboxylic acids is 2. The van der Waals surface area contributed by atoms with E-state index < -0.39 is 5.92 Å². The standard InChI is InChI=1S/C25H23N3O2S/c1-16-5-11-20(12-6-16)28-23(29)14-21(24(28)22-4-3-13-31-22)25(30)27-17(2)19-9-7-18(15-26)8-10-19/h3-13,17,21,24H,14H2,1-2H3,(H,27,30). The lowest BCUT2D eigenvalue weighted by molar-refractivity contribution is -0.127. The minimum Gasteiger partial charge on any atom is -0.349 e. The Morgan fingerprint density at radius 2 is 1.87 bits per heavy atom. The van der Waals surface area contributed by atoms with Gasteiger partial charge in [-0.3, -0.25) is 9.59 Å². The highest BCUT2D eigenvalue weighted by molar-refractivity contribution is 7.10. The van der Waals surface area contributed by atoms with Crippen LogP contribution in [0.3, 0.4) is 0 Å². The van der Waals surface area contributed by atoms with Crippen molar-refractivity contribution >= 4 is 28.8 Å². The van der Waals surface area contributed by atoms with Crippen LogP contribution in [0.15, 0.2) is 66.0 Å². The van der Waals surface area contributed by atoms with E-state index in [9.17, 15) is 9.59 Å². The summed E-state index contributed by atoms with van der Waals surface area (Å²) in [5.74, 6) is -0.667. The molecule has 156 valence electrons. The first-order valence-corrected chi connectivity index (χ1v) is 11.1. The Hall–Kier alpha value is -3.43. The number of aryl methyl sites for hydroxylation is 1. The van der Waals surface area contributed by atoms with Gasteiger partial charge >= 0.3 is 0 Å². The number of carbonyl (C=O) groups is 2. The van der Waals surface area contributed by atoms with Gasteiger partial charge in [-0.1, -0.05) is 35.9 Å². The van der Waals surface area contributed by atoms with Crippen molar-refractivity contribution in [3.63, 3.8) is 0 Å². The third kappa shape index (κ3) is 4.23. The quantitative estimate of drug-likeness (QED) is 0.627. The lowest BCUT2D eigenvalue weighted by Crippen LogP contribution is -2.36. The molecule has 0 bridgehead atoms. The van der Waals surface area contributed by atoms with Gasteiger partial charge in [-0.05, 0) is 55.1 Å². The van der Waals surface area contributed by atoms with Crippen molar-refractivity contribution in [3.8, 4) is 6.07 Å². The molecule has 0 saturated carbocycles. The summed E-state index contributed by atoms with van der Waals surface area (Å²) in [5, 5.41) is 14.0. The van der Waals surface area contributed by atoms with Crippen molar-refractivity contribution in [1.29, 1.82) is 5.26 Å². The SMILES string of the molecule is Cc1ccc(N2C(=O)CC(C(=O)NC(C)c3ccc(C#N)cc3)C2c2cccs2)cc1. The van der Waals surface area contributed by atoms with Crippen LogP contribution in [-0.2, 0) is 9.59 Å². The average molecular weight is 430 g/mol. The topological polar surface area (TPSA) is 73.2 Å². The van der Waals surface area contributed by atoms with Crippen molar-refractivity contribution in [2.24, 2.45) is 5.92 Å². The number of amides is 2. The first-order chi connectivity index (χ1) is 15.0. The predicted molar refractivity (Wildman–Crippen MR) is 122 cm³/mol. The molecule has 5 nitrogen and oxygen atoms in total. The molecule has 1 saturated heterocycles. The van der Waals surface area contributed by atoms with Crippen LogP contribution in [0.5, 0.6) is 0 Å². The Bertz CT molecular complexity index is 1120. The maximum absolute atomic E-state index is 13.3. The zero-order chi connectivity index (χ0) is 22.0. The molecule has 0 radical (unpaired) electrons. The Kier molecular flexibility index (Phi) is 5.88. The summed E-state index contributed by atoms with van der Waals surface area (Å²) in [4.78, 5) is 29.1. The second-order valence-corrected chi connectivity index (χ2v) is 8.81. The number of benzene rings is 2. The molecule has 3 unspecified atom stereocenters. The number of thiophene rings is 1. The van der Waals surface area contributed by atoms with Gasteiger partial charge in [0.05, 0.1) is 29.6 Å². The Balaban J connectivity index is 1.60.